The number of anilines is 1. The summed E-state index contributed by atoms with van der Waals surface area (Å²) in [6.45, 7) is -2.32. The summed E-state index contributed by atoms with van der Waals surface area (Å²) in [6, 6.07) is 4.44. The number of nitrogens with one attached hydrogen (secondary N) is 2. The van der Waals surface area contributed by atoms with Crippen LogP contribution in [0.25, 0.3) is 0 Å². The molecule has 23 heavy (non-hydrogen) atoms. The number of benzene rings is 1. The Morgan fingerprint density at radius 1 is 1.35 bits per heavy atom. The fraction of sp³-hybridized carbons (Fsp3) is 0.308. The van der Waals surface area contributed by atoms with Crippen LogP contribution in [0.2, 0.25) is 0 Å². The Hall–Kier alpha value is -2.23. The molecule has 2 N–H and O–H groups in total. The monoisotopic (exact) mass is 348 g/mol. The predicted molar refractivity (Wildman–Crippen MR) is 75.1 cm³/mol. The number of esters is 1. The average molecular weight is 348 g/mol. The minimum atomic E-state index is -4.53. The second-order valence-electron chi connectivity index (χ2n) is 4.52. The van der Waals surface area contributed by atoms with Gasteiger partial charge in [-0.25, -0.2) is 4.79 Å². The normalized spacial score (nSPS) is 13.8. The van der Waals surface area contributed by atoms with Crippen molar-refractivity contribution >= 4 is 35.2 Å². The number of fused-ring (bicyclic) bond motifs is 1. The van der Waals surface area contributed by atoms with Crippen LogP contribution in [0.1, 0.15) is 10.4 Å². The van der Waals surface area contributed by atoms with E-state index in [1.54, 1.807) is 11.4 Å². The predicted octanol–water partition coefficient (Wildman–Crippen LogP) is 1.57. The molecular formula is C13H11F3N2O4S. The molecule has 124 valence electrons. The molecule has 0 aliphatic carbocycles. The van der Waals surface area contributed by atoms with Crippen LogP contribution in [-0.4, -0.2) is 42.9 Å². The third-order valence-corrected chi connectivity index (χ3v) is 3.74. The molecule has 1 aliphatic heterocycles. The molecule has 1 aliphatic rings. The summed E-state index contributed by atoms with van der Waals surface area (Å²) in [6.07, 6.45) is -4.53. The van der Waals surface area contributed by atoms with Gasteiger partial charge in [-0.2, -0.15) is 13.2 Å². The van der Waals surface area contributed by atoms with Gasteiger partial charge in [0.15, 0.2) is 6.61 Å². The number of rotatable bonds is 4. The number of halogens is 3. The topological polar surface area (TPSA) is 84.5 Å². The lowest BCUT2D eigenvalue weighted by Crippen LogP contribution is -2.36. The van der Waals surface area contributed by atoms with Crippen LogP contribution in [0.15, 0.2) is 23.1 Å². The van der Waals surface area contributed by atoms with Gasteiger partial charge in [0.25, 0.3) is 5.91 Å². The van der Waals surface area contributed by atoms with Gasteiger partial charge in [-0.05, 0) is 18.2 Å². The molecule has 2 amide bonds. The van der Waals surface area contributed by atoms with Crippen LogP contribution in [0.4, 0.5) is 18.9 Å². The highest BCUT2D eigenvalue weighted by Gasteiger charge is 2.28. The maximum atomic E-state index is 11.9. The second kappa shape index (κ2) is 6.90. The number of carbonyl (C=O) groups is 3. The summed E-state index contributed by atoms with van der Waals surface area (Å²) in [4.78, 5) is 35.0. The highest BCUT2D eigenvalue weighted by atomic mass is 32.2. The quantitative estimate of drug-likeness (QED) is 0.807. The summed E-state index contributed by atoms with van der Waals surface area (Å²) in [5, 5.41) is 4.17. The SMILES string of the molecule is O=C(COC(=O)c1ccc2c(c1)NC(=O)CS2)NCC(F)(F)F. The molecule has 0 saturated heterocycles. The molecule has 10 heteroatoms. The lowest BCUT2D eigenvalue weighted by atomic mass is 10.2. The van der Waals surface area contributed by atoms with Gasteiger partial charge in [0.1, 0.15) is 6.54 Å². The first-order chi connectivity index (χ1) is 10.7. The van der Waals surface area contributed by atoms with Gasteiger partial charge in [0.2, 0.25) is 5.91 Å². The first-order valence-corrected chi connectivity index (χ1v) is 7.30. The van der Waals surface area contributed by atoms with Crippen molar-refractivity contribution in [1.29, 1.82) is 0 Å². The van der Waals surface area contributed by atoms with E-state index in [1.807, 2.05) is 0 Å². The minimum Gasteiger partial charge on any atom is -0.452 e. The zero-order valence-electron chi connectivity index (χ0n) is 11.5. The van der Waals surface area contributed by atoms with Crippen molar-refractivity contribution in [3.8, 4) is 0 Å². The Morgan fingerprint density at radius 3 is 2.78 bits per heavy atom. The van der Waals surface area contributed by atoms with Crippen molar-refractivity contribution in [2.45, 2.75) is 11.1 Å². The van der Waals surface area contributed by atoms with E-state index in [0.717, 1.165) is 4.90 Å². The third kappa shape index (κ3) is 5.16. The number of ether oxygens (including phenoxy) is 1. The Bertz CT molecular complexity index is 649. The van der Waals surface area contributed by atoms with E-state index >= 15 is 0 Å². The standard InChI is InChI=1S/C13H11F3N2O4S/c14-13(15,16)6-17-10(19)4-22-12(21)7-1-2-9-8(3-7)18-11(20)5-23-9/h1-3H,4-6H2,(H,17,19)(H,18,20). The van der Waals surface area contributed by atoms with E-state index in [-0.39, 0.29) is 17.2 Å². The lowest BCUT2D eigenvalue weighted by molar-refractivity contribution is -0.140. The number of alkyl halides is 3. The molecule has 0 atom stereocenters. The Morgan fingerprint density at radius 2 is 2.09 bits per heavy atom. The fourth-order valence-corrected chi connectivity index (χ4v) is 2.46. The zero-order valence-corrected chi connectivity index (χ0v) is 12.3. The van der Waals surface area contributed by atoms with Crippen molar-refractivity contribution in [3.05, 3.63) is 23.8 Å². The van der Waals surface area contributed by atoms with Crippen molar-refractivity contribution in [2.24, 2.45) is 0 Å². The molecule has 0 saturated carbocycles. The van der Waals surface area contributed by atoms with Gasteiger partial charge >= 0.3 is 12.1 Å². The van der Waals surface area contributed by atoms with Crippen molar-refractivity contribution in [1.82, 2.24) is 5.32 Å². The number of thioether (sulfide) groups is 1. The molecule has 1 aromatic rings. The van der Waals surface area contributed by atoms with E-state index in [1.165, 1.54) is 23.9 Å². The van der Waals surface area contributed by atoms with Crippen molar-refractivity contribution < 1.29 is 32.3 Å². The number of hydrogen-bond acceptors (Lipinski definition) is 5. The third-order valence-electron chi connectivity index (χ3n) is 2.67. The van der Waals surface area contributed by atoms with E-state index in [9.17, 15) is 27.6 Å². The summed E-state index contributed by atoms with van der Waals surface area (Å²) in [5.41, 5.74) is 0.525. The van der Waals surface area contributed by atoms with E-state index < -0.39 is 31.2 Å². The average Bonchev–Trinajstić information content (AvgIpc) is 2.49. The van der Waals surface area contributed by atoms with Crippen LogP contribution in [-0.2, 0) is 14.3 Å². The number of amides is 2. The molecule has 0 radical (unpaired) electrons. The molecule has 6 nitrogen and oxygen atoms in total. The fourth-order valence-electron chi connectivity index (χ4n) is 1.67. The van der Waals surface area contributed by atoms with Crippen LogP contribution >= 0.6 is 11.8 Å². The molecule has 0 fully saturated rings. The van der Waals surface area contributed by atoms with Gasteiger partial charge in [-0.1, -0.05) is 0 Å². The zero-order chi connectivity index (χ0) is 17.0. The van der Waals surface area contributed by atoms with Gasteiger partial charge in [0, 0.05) is 4.90 Å². The Balaban J connectivity index is 1.90. The van der Waals surface area contributed by atoms with E-state index in [4.69, 9.17) is 0 Å². The molecule has 1 aromatic carbocycles. The van der Waals surface area contributed by atoms with Crippen molar-refractivity contribution in [3.63, 3.8) is 0 Å². The molecular weight excluding hydrogens is 337 g/mol. The smallest absolute Gasteiger partial charge is 0.405 e. The largest absolute Gasteiger partial charge is 0.452 e. The maximum Gasteiger partial charge on any atom is 0.405 e. The lowest BCUT2D eigenvalue weighted by Gasteiger charge is -2.16. The Kier molecular flexibility index (Phi) is 5.14. The number of carbonyl (C=O) groups excluding carboxylic acids is 3. The molecule has 0 aromatic heterocycles. The van der Waals surface area contributed by atoms with Crippen molar-refractivity contribution in [2.75, 3.05) is 24.2 Å². The summed E-state index contributed by atoms with van der Waals surface area (Å²) >= 11 is 1.31. The van der Waals surface area contributed by atoms with Gasteiger partial charge in [-0.15, -0.1) is 11.8 Å². The van der Waals surface area contributed by atoms with Crippen LogP contribution in [0, 0.1) is 0 Å². The minimum absolute atomic E-state index is 0.0789. The number of hydrogen-bond donors (Lipinski definition) is 2. The van der Waals surface area contributed by atoms with Crippen LogP contribution < -0.4 is 10.6 Å². The summed E-state index contributed by atoms with van der Waals surface area (Å²) in [7, 11) is 0. The second-order valence-corrected chi connectivity index (χ2v) is 5.53. The maximum absolute atomic E-state index is 11.9. The molecule has 0 bridgehead atoms. The van der Waals surface area contributed by atoms with Gasteiger partial charge < -0.3 is 15.4 Å². The first-order valence-electron chi connectivity index (χ1n) is 6.32. The van der Waals surface area contributed by atoms with E-state index in [2.05, 4.69) is 10.1 Å². The van der Waals surface area contributed by atoms with Crippen LogP contribution in [0.3, 0.4) is 0 Å². The van der Waals surface area contributed by atoms with Crippen LogP contribution in [0.5, 0.6) is 0 Å². The first kappa shape index (κ1) is 17.1. The molecule has 0 unspecified atom stereocenters. The molecule has 1 heterocycles. The van der Waals surface area contributed by atoms with Gasteiger partial charge in [0.05, 0.1) is 17.0 Å². The summed E-state index contributed by atoms with van der Waals surface area (Å²) in [5.74, 6) is -1.87. The van der Waals surface area contributed by atoms with Gasteiger partial charge in [-0.3, -0.25) is 9.59 Å². The molecule has 0 spiro atoms. The highest BCUT2D eigenvalue weighted by Crippen LogP contribution is 2.32. The summed E-state index contributed by atoms with van der Waals surface area (Å²) < 4.78 is 40.4. The van der Waals surface area contributed by atoms with E-state index in [0.29, 0.717) is 5.69 Å². The molecule has 2 rings (SSSR count). The highest BCUT2D eigenvalue weighted by molar-refractivity contribution is 8.00. The Labute approximate surface area is 132 Å².